The molecule has 2 aliphatic carbocycles. The van der Waals surface area contributed by atoms with Crippen LogP contribution in [0.5, 0.6) is 0 Å². The van der Waals surface area contributed by atoms with Crippen LogP contribution in [-0.4, -0.2) is 11.6 Å². The molecule has 0 amide bonds. The van der Waals surface area contributed by atoms with Crippen molar-refractivity contribution in [3.8, 4) is 22.3 Å². The van der Waals surface area contributed by atoms with Crippen LogP contribution < -0.4 is 0 Å². The number of carbonyl (C=O) groups is 2. The molecule has 6 rings (SSSR count). The largest absolute Gasteiger partial charge is 0.289 e. The zero-order chi connectivity index (χ0) is 19.2. The van der Waals surface area contributed by atoms with E-state index < -0.39 is 0 Å². The molecule has 4 aromatic carbocycles. The SMILES string of the molecule is O=C1c2ccccc2-c2cc(Cl)c3c4c(cc(Cl)c1c24)-c1ccccc1C3=O. The summed E-state index contributed by atoms with van der Waals surface area (Å²) >= 11 is 13.3. The van der Waals surface area contributed by atoms with E-state index in [0.717, 1.165) is 22.3 Å². The standard InChI is InChI=1S/C24H10Cl2O2/c25-17-9-15-11-5-1-3-7-13(11)23(27)21-18(26)10-16-12-6-2-4-8-14(12)24(28)22(17)20(16)19(15)21/h1-10H. The number of hydrogen-bond donors (Lipinski definition) is 0. The van der Waals surface area contributed by atoms with Crippen molar-refractivity contribution in [1.82, 2.24) is 0 Å². The van der Waals surface area contributed by atoms with Crippen molar-refractivity contribution in [2.24, 2.45) is 0 Å². The van der Waals surface area contributed by atoms with E-state index in [-0.39, 0.29) is 11.6 Å². The summed E-state index contributed by atoms with van der Waals surface area (Å²) in [6.07, 6.45) is 0. The van der Waals surface area contributed by atoms with Gasteiger partial charge in [-0.1, -0.05) is 71.7 Å². The Morgan fingerprint density at radius 2 is 0.857 bits per heavy atom. The van der Waals surface area contributed by atoms with E-state index in [1.165, 1.54) is 0 Å². The summed E-state index contributed by atoms with van der Waals surface area (Å²) < 4.78 is 0. The highest BCUT2D eigenvalue weighted by Gasteiger charge is 2.35. The van der Waals surface area contributed by atoms with Crippen molar-refractivity contribution in [3.63, 3.8) is 0 Å². The van der Waals surface area contributed by atoms with Crippen LogP contribution in [0.1, 0.15) is 31.8 Å². The van der Waals surface area contributed by atoms with Crippen LogP contribution in [0.2, 0.25) is 10.0 Å². The molecule has 0 unspecified atom stereocenters. The minimum absolute atomic E-state index is 0.126. The topological polar surface area (TPSA) is 34.1 Å². The second-order valence-corrected chi connectivity index (χ2v) is 7.88. The van der Waals surface area contributed by atoms with Crippen molar-refractivity contribution in [2.75, 3.05) is 0 Å². The molecule has 2 nitrogen and oxygen atoms in total. The van der Waals surface area contributed by atoms with E-state index in [9.17, 15) is 9.59 Å². The van der Waals surface area contributed by atoms with Crippen molar-refractivity contribution in [2.45, 2.75) is 0 Å². The minimum atomic E-state index is -0.126. The Bertz CT molecular complexity index is 1310. The molecule has 0 radical (unpaired) electrons. The Kier molecular flexibility index (Phi) is 3.05. The zero-order valence-corrected chi connectivity index (χ0v) is 15.9. The van der Waals surface area contributed by atoms with Crippen molar-refractivity contribution in [1.29, 1.82) is 0 Å². The number of rotatable bonds is 0. The highest BCUT2D eigenvalue weighted by Crippen LogP contribution is 2.51. The highest BCUT2D eigenvalue weighted by molar-refractivity contribution is 6.45. The second kappa shape index (κ2) is 5.32. The van der Waals surface area contributed by atoms with Crippen LogP contribution in [-0.2, 0) is 0 Å². The summed E-state index contributed by atoms with van der Waals surface area (Å²) in [6, 6.07) is 18.4. The Balaban J connectivity index is 1.92. The molecule has 0 saturated carbocycles. The van der Waals surface area contributed by atoms with E-state index in [2.05, 4.69) is 0 Å². The smallest absolute Gasteiger partial charge is 0.195 e. The summed E-state index contributed by atoms with van der Waals surface area (Å²) in [5, 5.41) is 2.21. The average molecular weight is 401 g/mol. The van der Waals surface area contributed by atoms with Crippen molar-refractivity contribution in [3.05, 3.63) is 93.0 Å². The van der Waals surface area contributed by atoms with Gasteiger partial charge in [-0.15, -0.1) is 0 Å². The number of ketones is 2. The molecule has 132 valence electrons. The fourth-order valence-electron chi connectivity index (χ4n) is 4.54. The van der Waals surface area contributed by atoms with Gasteiger partial charge in [0.1, 0.15) is 0 Å². The Hall–Kier alpha value is -2.94. The van der Waals surface area contributed by atoms with Gasteiger partial charge in [0.25, 0.3) is 0 Å². The third-order valence-electron chi connectivity index (χ3n) is 5.69. The van der Waals surface area contributed by atoms with Crippen molar-refractivity contribution >= 4 is 45.5 Å². The number of fused-ring (bicyclic) bond motifs is 4. The molecule has 0 spiro atoms. The van der Waals surface area contributed by atoms with Gasteiger partial charge < -0.3 is 0 Å². The molecule has 2 aliphatic rings. The van der Waals surface area contributed by atoms with Crippen LogP contribution in [0.15, 0.2) is 60.7 Å². The van der Waals surface area contributed by atoms with E-state index in [1.54, 1.807) is 24.3 Å². The second-order valence-electron chi connectivity index (χ2n) is 7.06. The van der Waals surface area contributed by atoms with Gasteiger partial charge in [-0.25, -0.2) is 0 Å². The molecule has 0 aromatic heterocycles. The Labute approximate surface area is 170 Å². The summed E-state index contributed by atoms with van der Waals surface area (Å²) in [6.45, 7) is 0. The van der Waals surface area contributed by atoms with Gasteiger partial charge in [-0.3, -0.25) is 9.59 Å². The first-order valence-corrected chi connectivity index (χ1v) is 9.60. The average Bonchev–Trinajstić information content (AvgIpc) is 2.71. The predicted octanol–water partition coefficient (Wildman–Crippen LogP) is 6.57. The van der Waals surface area contributed by atoms with Crippen molar-refractivity contribution < 1.29 is 9.59 Å². The maximum Gasteiger partial charge on any atom is 0.195 e. The lowest BCUT2D eigenvalue weighted by molar-refractivity contribution is 0.103. The van der Waals surface area contributed by atoms with Gasteiger partial charge in [0.05, 0.1) is 10.0 Å². The first kappa shape index (κ1) is 16.1. The summed E-state index contributed by atoms with van der Waals surface area (Å²) in [5.41, 5.74) is 5.38. The monoisotopic (exact) mass is 400 g/mol. The molecule has 4 aromatic rings. The molecule has 0 N–H and O–H groups in total. The number of halogens is 2. The van der Waals surface area contributed by atoms with Gasteiger partial charge in [0, 0.05) is 33.0 Å². The lowest BCUT2D eigenvalue weighted by Gasteiger charge is -2.27. The molecule has 0 aliphatic heterocycles. The number of carbonyl (C=O) groups excluding carboxylic acids is 2. The molecule has 0 bridgehead atoms. The van der Waals surface area contributed by atoms with Gasteiger partial charge in [0.15, 0.2) is 11.6 Å². The first-order chi connectivity index (χ1) is 13.6. The lowest BCUT2D eigenvalue weighted by Crippen LogP contribution is -2.16. The fraction of sp³-hybridized carbons (Fsp3) is 0. The zero-order valence-electron chi connectivity index (χ0n) is 14.3. The van der Waals surface area contributed by atoms with Crippen LogP contribution in [0, 0.1) is 0 Å². The van der Waals surface area contributed by atoms with Crippen LogP contribution in [0.25, 0.3) is 33.0 Å². The molecule has 0 heterocycles. The molecular formula is C24H10Cl2O2. The minimum Gasteiger partial charge on any atom is -0.289 e. The van der Waals surface area contributed by atoms with Gasteiger partial charge >= 0.3 is 0 Å². The van der Waals surface area contributed by atoms with Crippen LogP contribution in [0.3, 0.4) is 0 Å². The molecule has 4 heteroatoms. The van der Waals surface area contributed by atoms with Gasteiger partial charge in [0.2, 0.25) is 0 Å². The van der Waals surface area contributed by atoms with Crippen LogP contribution >= 0.6 is 23.2 Å². The molecule has 0 fully saturated rings. The Morgan fingerprint density at radius 1 is 0.500 bits per heavy atom. The summed E-state index contributed by atoms with van der Waals surface area (Å²) in [4.78, 5) is 26.5. The summed E-state index contributed by atoms with van der Waals surface area (Å²) in [7, 11) is 0. The maximum absolute atomic E-state index is 13.3. The number of hydrogen-bond acceptors (Lipinski definition) is 2. The van der Waals surface area contributed by atoms with Crippen LogP contribution in [0.4, 0.5) is 0 Å². The highest BCUT2D eigenvalue weighted by atomic mass is 35.5. The predicted molar refractivity (Wildman–Crippen MR) is 112 cm³/mol. The van der Waals surface area contributed by atoms with Gasteiger partial charge in [-0.05, 0) is 34.4 Å². The summed E-state index contributed by atoms with van der Waals surface area (Å²) in [5.74, 6) is -0.251. The first-order valence-electron chi connectivity index (χ1n) is 8.85. The van der Waals surface area contributed by atoms with Gasteiger partial charge in [-0.2, -0.15) is 0 Å². The fourth-order valence-corrected chi connectivity index (χ4v) is 5.12. The molecular weight excluding hydrogens is 391 g/mol. The normalized spacial score (nSPS) is 13.5. The quantitative estimate of drug-likeness (QED) is 0.289. The van der Waals surface area contributed by atoms with E-state index in [0.29, 0.717) is 43.1 Å². The molecule has 0 atom stereocenters. The third kappa shape index (κ3) is 1.80. The third-order valence-corrected chi connectivity index (χ3v) is 6.28. The lowest BCUT2D eigenvalue weighted by atomic mass is 9.75. The molecule has 0 saturated heterocycles. The molecule has 28 heavy (non-hydrogen) atoms. The number of benzene rings is 4. The van der Waals surface area contributed by atoms with E-state index in [1.807, 2.05) is 36.4 Å². The van der Waals surface area contributed by atoms with E-state index >= 15 is 0 Å². The maximum atomic E-state index is 13.3. The Morgan fingerprint density at radius 3 is 1.25 bits per heavy atom. The van der Waals surface area contributed by atoms with E-state index in [4.69, 9.17) is 23.2 Å².